The summed E-state index contributed by atoms with van der Waals surface area (Å²) in [6, 6.07) is 0. The van der Waals surface area contributed by atoms with Gasteiger partial charge in [0.05, 0.1) is 12.1 Å². The van der Waals surface area contributed by atoms with Crippen LogP contribution in [0.2, 0.25) is 0 Å². The minimum atomic E-state index is -0.891. The molecule has 29 heavy (non-hydrogen) atoms. The van der Waals surface area contributed by atoms with Gasteiger partial charge in [0.25, 0.3) is 0 Å². The van der Waals surface area contributed by atoms with E-state index in [2.05, 4.69) is 28.2 Å². The largest absolute Gasteiger partial charge is 0.481 e. The molecular formula is C22H43N5O2. The van der Waals surface area contributed by atoms with Gasteiger partial charge in [-0.2, -0.15) is 0 Å². The summed E-state index contributed by atoms with van der Waals surface area (Å²) in [6.45, 7) is 7.84. The molecule has 1 saturated heterocycles. The van der Waals surface area contributed by atoms with E-state index in [1.54, 1.807) is 0 Å². The van der Waals surface area contributed by atoms with Crippen molar-refractivity contribution < 1.29 is 9.90 Å². The van der Waals surface area contributed by atoms with E-state index in [-0.39, 0.29) is 6.42 Å². The number of hydrogen-bond donors (Lipinski definition) is 5. The molecule has 5 N–H and O–H groups in total. The zero-order valence-corrected chi connectivity index (χ0v) is 18.8. The molecule has 0 aromatic carbocycles. The van der Waals surface area contributed by atoms with Crippen molar-refractivity contribution in [1.82, 2.24) is 21.3 Å². The SMILES string of the molecule is CCCCCCCCN=C1NC(C)(C)NC(CC(=O)O)(NCC2CCCCC2)N1. The van der Waals surface area contributed by atoms with E-state index in [9.17, 15) is 9.90 Å². The van der Waals surface area contributed by atoms with Gasteiger partial charge in [-0.05, 0) is 39.0 Å². The Morgan fingerprint density at radius 1 is 1.10 bits per heavy atom. The maximum absolute atomic E-state index is 11.6. The number of aliphatic carboxylic acids is 1. The van der Waals surface area contributed by atoms with Crippen molar-refractivity contribution in [2.24, 2.45) is 10.9 Å². The monoisotopic (exact) mass is 409 g/mol. The lowest BCUT2D eigenvalue weighted by molar-refractivity contribution is -0.140. The lowest BCUT2D eigenvalue weighted by atomic mass is 9.89. The molecule has 1 aliphatic carbocycles. The molecule has 0 bridgehead atoms. The van der Waals surface area contributed by atoms with Gasteiger partial charge < -0.3 is 15.7 Å². The Balaban J connectivity index is 1.96. The summed E-state index contributed by atoms with van der Waals surface area (Å²) in [7, 11) is 0. The molecule has 0 amide bonds. The third-order valence-electron chi connectivity index (χ3n) is 5.90. The number of aliphatic imine (C=N–C) groups is 1. The van der Waals surface area contributed by atoms with Crippen molar-refractivity contribution in [2.45, 2.75) is 109 Å². The minimum absolute atomic E-state index is 0.0547. The van der Waals surface area contributed by atoms with E-state index >= 15 is 0 Å². The standard InChI is InChI=1S/C22H43N5O2/c1-4-5-6-7-8-12-15-23-20-25-21(2,3)27-22(26-20,16-19(28)29)24-17-18-13-10-9-11-14-18/h18,24,27H,4-17H2,1-3H3,(H,28,29)(H2,23,25,26). The predicted molar refractivity (Wildman–Crippen MR) is 119 cm³/mol. The highest BCUT2D eigenvalue weighted by Gasteiger charge is 2.43. The second kappa shape index (κ2) is 11.7. The predicted octanol–water partition coefficient (Wildman–Crippen LogP) is 3.52. The molecule has 0 aromatic heterocycles. The van der Waals surface area contributed by atoms with Crippen LogP contribution in [0.3, 0.4) is 0 Å². The fraction of sp³-hybridized carbons (Fsp3) is 0.909. The van der Waals surface area contributed by atoms with E-state index in [4.69, 9.17) is 4.99 Å². The van der Waals surface area contributed by atoms with Crippen LogP contribution in [0.5, 0.6) is 0 Å². The molecule has 0 spiro atoms. The average molecular weight is 410 g/mol. The number of carboxylic acids is 1. The molecule has 1 unspecified atom stereocenters. The van der Waals surface area contributed by atoms with Crippen LogP contribution in [0.25, 0.3) is 0 Å². The maximum Gasteiger partial charge on any atom is 0.308 e. The molecule has 1 heterocycles. The second-order valence-corrected chi connectivity index (χ2v) is 9.36. The molecule has 7 heteroatoms. The van der Waals surface area contributed by atoms with E-state index in [1.807, 2.05) is 13.8 Å². The number of carbonyl (C=O) groups is 1. The highest BCUT2D eigenvalue weighted by Crippen LogP contribution is 2.24. The van der Waals surface area contributed by atoms with Crippen LogP contribution in [0.4, 0.5) is 0 Å². The van der Waals surface area contributed by atoms with Crippen LogP contribution in [-0.4, -0.2) is 41.6 Å². The van der Waals surface area contributed by atoms with Crippen molar-refractivity contribution in [3.8, 4) is 0 Å². The normalized spacial score (nSPS) is 26.1. The Morgan fingerprint density at radius 3 is 2.48 bits per heavy atom. The number of nitrogens with zero attached hydrogens (tertiary/aromatic N) is 1. The van der Waals surface area contributed by atoms with Crippen LogP contribution < -0.4 is 21.3 Å². The van der Waals surface area contributed by atoms with E-state index in [0.29, 0.717) is 11.9 Å². The molecule has 2 fully saturated rings. The van der Waals surface area contributed by atoms with E-state index in [0.717, 1.165) is 19.5 Å². The van der Waals surface area contributed by atoms with Crippen LogP contribution in [0.15, 0.2) is 4.99 Å². The van der Waals surface area contributed by atoms with Crippen molar-refractivity contribution in [3.63, 3.8) is 0 Å². The van der Waals surface area contributed by atoms with Gasteiger partial charge in [0, 0.05) is 13.1 Å². The van der Waals surface area contributed by atoms with Gasteiger partial charge in [0.15, 0.2) is 11.7 Å². The number of unbranched alkanes of at least 4 members (excludes halogenated alkanes) is 5. The van der Waals surface area contributed by atoms with Gasteiger partial charge >= 0.3 is 5.97 Å². The highest BCUT2D eigenvalue weighted by molar-refractivity contribution is 5.83. The Hall–Kier alpha value is -1.34. The van der Waals surface area contributed by atoms with Crippen LogP contribution >= 0.6 is 0 Å². The molecule has 7 nitrogen and oxygen atoms in total. The fourth-order valence-electron chi connectivity index (χ4n) is 4.46. The lowest BCUT2D eigenvalue weighted by Crippen LogP contribution is -2.82. The van der Waals surface area contributed by atoms with Crippen LogP contribution in [0, 0.1) is 5.92 Å². The second-order valence-electron chi connectivity index (χ2n) is 9.36. The van der Waals surface area contributed by atoms with Gasteiger partial charge in [0.2, 0.25) is 0 Å². The minimum Gasteiger partial charge on any atom is -0.481 e. The summed E-state index contributed by atoms with van der Waals surface area (Å²) in [5.74, 6) is -0.439. The van der Waals surface area contributed by atoms with Crippen molar-refractivity contribution in [2.75, 3.05) is 13.1 Å². The van der Waals surface area contributed by atoms with E-state index in [1.165, 1.54) is 64.2 Å². The number of carboxylic acid groups (broad SMARTS) is 1. The van der Waals surface area contributed by atoms with E-state index < -0.39 is 17.4 Å². The third-order valence-corrected chi connectivity index (χ3v) is 5.90. The molecule has 1 aliphatic heterocycles. The zero-order valence-electron chi connectivity index (χ0n) is 18.8. The molecular weight excluding hydrogens is 366 g/mol. The van der Waals surface area contributed by atoms with Crippen molar-refractivity contribution in [3.05, 3.63) is 0 Å². The first-order valence-corrected chi connectivity index (χ1v) is 11.7. The van der Waals surface area contributed by atoms with Gasteiger partial charge in [0.1, 0.15) is 0 Å². The third kappa shape index (κ3) is 8.91. The average Bonchev–Trinajstić information content (AvgIpc) is 2.65. The van der Waals surface area contributed by atoms with Gasteiger partial charge in [-0.15, -0.1) is 0 Å². The Kier molecular flexibility index (Phi) is 9.69. The summed E-state index contributed by atoms with van der Waals surface area (Å²) in [4.78, 5) is 16.4. The fourth-order valence-corrected chi connectivity index (χ4v) is 4.46. The maximum atomic E-state index is 11.6. The number of nitrogens with one attached hydrogen (secondary N) is 4. The quantitative estimate of drug-likeness (QED) is 0.316. The lowest BCUT2D eigenvalue weighted by Gasteiger charge is -2.49. The summed E-state index contributed by atoms with van der Waals surface area (Å²) in [5, 5.41) is 23.2. The summed E-state index contributed by atoms with van der Waals surface area (Å²) in [6.07, 6.45) is 13.6. The summed E-state index contributed by atoms with van der Waals surface area (Å²) < 4.78 is 0. The molecule has 0 radical (unpaired) electrons. The first-order chi connectivity index (χ1) is 13.8. The molecule has 0 aromatic rings. The van der Waals surface area contributed by atoms with Gasteiger partial charge in [-0.25, -0.2) is 0 Å². The summed E-state index contributed by atoms with van der Waals surface area (Å²) >= 11 is 0. The Labute approximate surface area is 176 Å². The number of hydrogen-bond acceptors (Lipinski definition) is 4. The Morgan fingerprint density at radius 2 is 1.79 bits per heavy atom. The van der Waals surface area contributed by atoms with Crippen LogP contribution in [-0.2, 0) is 4.79 Å². The topological polar surface area (TPSA) is 97.8 Å². The molecule has 2 aliphatic rings. The molecule has 2 rings (SSSR count). The van der Waals surface area contributed by atoms with Crippen molar-refractivity contribution in [1.29, 1.82) is 0 Å². The van der Waals surface area contributed by atoms with Gasteiger partial charge in [-0.3, -0.25) is 20.4 Å². The number of guanidine groups is 1. The molecule has 168 valence electrons. The summed E-state index contributed by atoms with van der Waals surface area (Å²) in [5.41, 5.74) is -0.458. The van der Waals surface area contributed by atoms with Crippen molar-refractivity contribution >= 4 is 11.9 Å². The first kappa shape index (κ1) is 23.9. The molecule has 1 saturated carbocycles. The molecule has 1 atom stereocenters. The Bertz CT molecular complexity index is 531. The van der Waals surface area contributed by atoms with Gasteiger partial charge in [-0.1, -0.05) is 58.3 Å². The first-order valence-electron chi connectivity index (χ1n) is 11.7. The number of rotatable bonds is 12. The highest BCUT2D eigenvalue weighted by atomic mass is 16.4. The smallest absolute Gasteiger partial charge is 0.308 e. The van der Waals surface area contributed by atoms with Crippen LogP contribution in [0.1, 0.15) is 97.8 Å². The zero-order chi connectivity index (χ0) is 21.2.